The summed E-state index contributed by atoms with van der Waals surface area (Å²) < 4.78 is 12.8. The van der Waals surface area contributed by atoms with Gasteiger partial charge in [-0.05, 0) is 33.3 Å². The van der Waals surface area contributed by atoms with Crippen LogP contribution in [0.4, 0.5) is 0 Å². The number of aryl methyl sites for hydroxylation is 1. The Kier molecular flexibility index (Phi) is 5.43. The molecule has 0 aromatic carbocycles. The van der Waals surface area contributed by atoms with Gasteiger partial charge in [0.05, 0.1) is 43.3 Å². The number of H-pyrrole nitrogens is 1. The van der Waals surface area contributed by atoms with Gasteiger partial charge >= 0.3 is 0 Å². The van der Waals surface area contributed by atoms with Crippen LogP contribution in [0.1, 0.15) is 58.6 Å². The fourth-order valence-corrected chi connectivity index (χ4v) is 3.34. The Morgan fingerprint density at radius 1 is 1.42 bits per heavy atom. The van der Waals surface area contributed by atoms with Crippen molar-refractivity contribution in [1.82, 2.24) is 25.3 Å². The van der Waals surface area contributed by atoms with Gasteiger partial charge in [-0.2, -0.15) is 10.2 Å². The van der Waals surface area contributed by atoms with Crippen molar-refractivity contribution in [2.75, 3.05) is 13.7 Å². The second-order valence-electron chi connectivity index (χ2n) is 6.82. The normalized spacial score (nSPS) is 19.4. The number of hydrogen-bond acceptors (Lipinski definition) is 5. The van der Waals surface area contributed by atoms with Crippen LogP contribution >= 0.6 is 0 Å². The van der Waals surface area contributed by atoms with Gasteiger partial charge in [-0.3, -0.25) is 14.6 Å². The van der Waals surface area contributed by atoms with Crippen LogP contribution in [0.3, 0.4) is 0 Å². The summed E-state index contributed by atoms with van der Waals surface area (Å²) in [6.07, 6.45) is 0.608. The topological polar surface area (TPSA) is 94.1 Å². The third-order valence-electron chi connectivity index (χ3n) is 4.89. The summed E-state index contributed by atoms with van der Waals surface area (Å²) in [5.74, 6) is -0.142. The van der Waals surface area contributed by atoms with E-state index in [-0.39, 0.29) is 18.1 Å². The molecule has 0 spiro atoms. The van der Waals surface area contributed by atoms with Crippen molar-refractivity contribution in [3.8, 4) is 0 Å². The van der Waals surface area contributed by atoms with Crippen molar-refractivity contribution in [3.63, 3.8) is 0 Å². The second kappa shape index (κ2) is 7.59. The molecule has 0 fully saturated rings. The van der Waals surface area contributed by atoms with Crippen LogP contribution in [0.2, 0.25) is 0 Å². The molecule has 8 nitrogen and oxygen atoms in total. The Hall–Kier alpha value is -2.19. The van der Waals surface area contributed by atoms with E-state index in [9.17, 15) is 4.79 Å². The Morgan fingerprint density at radius 3 is 2.85 bits per heavy atom. The smallest absolute Gasteiger partial charge is 0.270 e. The second-order valence-corrected chi connectivity index (χ2v) is 6.82. The number of aromatic amines is 1. The zero-order valence-corrected chi connectivity index (χ0v) is 16.0. The Morgan fingerprint density at radius 2 is 2.19 bits per heavy atom. The molecule has 0 radical (unpaired) electrons. The van der Waals surface area contributed by atoms with Crippen LogP contribution in [-0.4, -0.2) is 45.7 Å². The summed E-state index contributed by atoms with van der Waals surface area (Å²) in [6.45, 7) is 9.33. The monoisotopic (exact) mass is 361 g/mol. The molecule has 2 aromatic heterocycles. The van der Waals surface area contributed by atoms with E-state index < -0.39 is 0 Å². The highest BCUT2D eigenvalue weighted by molar-refractivity contribution is 5.94. The third-order valence-corrected chi connectivity index (χ3v) is 4.89. The van der Waals surface area contributed by atoms with E-state index in [0.717, 1.165) is 28.2 Å². The van der Waals surface area contributed by atoms with Gasteiger partial charge in [0.25, 0.3) is 5.91 Å². The molecule has 1 aliphatic rings. The van der Waals surface area contributed by atoms with Crippen molar-refractivity contribution in [2.24, 2.45) is 0 Å². The fraction of sp³-hybridized carbons (Fsp3) is 0.611. The highest BCUT2D eigenvalue weighted by atomic mass is 16.5. The molecule has 142 valence electrons. The average molecular weight is 361 g/mol. The van der Waals surface area contributed by atoms with Crippen LogP contribution in [-0.2, 0) is 29.0 Å². The molecule has 2 N–H and O–H groups in total. The van der Waals surface area contributed by atoms with Crippen molar-refractivity contribution < 1.29 is 14.3 Å². The molecular weight excluding hydrogens is 334 g/mol. The molecule has 26 heavy (non-hydrogen) atoms. The predicted octanol–water partition coefficient (Wildman–Crippen LogP) is 1.82. The maximum Gasteiger partial charge on any atom is 0.270 e. The molecule has 8 heteroatoms. The first-order chi connectivity index (χ1) is 12.4. The van der Waals surface area contributed by atoms with Gasteiger partial charge in [-0.1, -0.05) is 0 Å². The molecule has 0 saturated carbocycles. The van der Waals surface area contributed by atoms with Gasteiger partial charge in [-0.15, -0.1) is 0 Å². The van der Waals surface area contributed by atoms with E-state index in [1.807, 2.05) is 27.7 Å². The zero-order chi connectivity index (χ0) is 18.8. The lowest BCUT2D eigenvalue weighted by Gasteiger charge is -2.24. The van der Waals surface area contributed by atoms with E-state index in [0.29, 0.717) is 31.8 Å². The van der Waals surface area contributed by atoms with Gasteiger partial charge < -0.3 is 14.8 Å². The Bertz CT molecular complexity index is 795. The van der Waals surface area contributed by atoms with Gasteiger partial charge in [0, 0.05) is 24.8 Å². The Balaban J connectivity index is 1.86. The quantitative estimate of drug-likeness (QED) is 0.818. The first-order valence-corrected chi connectivity index (χ1v) is 8.95. The lowest BCUT2D eigenvalue weighted by Crippen LogP contribution is -2.29. The van der Waals surface area contributed by atoms with E-state index in [1.54, 1.807) is 11.8 Å². The number of fused-ring (bicyclic) bond motifs is 1. The highest BCUT2D eigenvalue weighted by Gasteiger charge is 2.32. The number of ether oxygens (including phenoxy) is 2. The van der Waals surface area contributed by atoms with Crippen LogP contribution < -0.4 is 5.32 Å². The van der Waals surface area contributed by atoms with Gasteiger partial charge in [0.15, 0.2) is 0 Å². The standard InChI is InChI=1S/C18H27N5O3/c1-10-8-14-16(13(4)26-10)22-23(6-7-25-5)17(14)18(24)19-9-15-11(2)12(3)20-21-15/h10,13H,6-9H2,1-5H3,(H,19,24)(H,20,21)/t10-,13+/m0/s1. The minimum Gasteiger partial charge on any atom is -0.383 e. The van der Waals surface area contributed by atoms with Crippen molar-refractivity contribution in [3.05, 3.63) is 33.9 Å². The lowest BCUT2D eigenvalue weighted by atomic mass is 9.99. The summed E-state index contributed by atoms with van der Waals surface area (Å²) in [6, 6.07) is 0. The van der Waals surface area contributed by atoms with E-state index in [4.69, 9.17) is 9.47 Å². The molecule has 2 aromatic rings. The number of nitrogens with zero attached hydrogens (tertiary/aromatic N) is 3. The number of carbonyl (C=O) groups excluding carboxylic acids is 1. The number of amides is 1. The molecule has 0 saturated heterocycles. The maximum atomic E-state index is 13.0. The van der Waals surface area contributed by atoms with Gasteiger partial charge in [0.2, 0.25) is 0 Å². The average Bonchev–Trinajstić information content (AvgIpc) is 3.12. The lowest BCUT2D eigenvalue weighted by molar-refractivity contribution is -0.00716. The first kappa shape index (κ1) is 18.6. The molecule has 1 amide bonds. The molecule has 1 aliphatic heterocycles. The highest BCUT2D eigenvalue weighted by Crippen LogP contribution is 2.31. The van der Waals surface area contributed by atoms with Crippen molar-refractivity contribution in [1.29, 1.82) is 0 Å². The number of nitrogens with one attached hydrogen (secondary N) is 2. The third kappa shape index (κ3) is 3.52. The number of hydrogen-bond donors (Lipinski definition) is 2. The first-order valence-electron chi connectivity index (χ1n) is 8.95. The SMILES string of the molecule is COCCn1nc2c(c1C(=O)NCc1n[nH]c(C)c1C)C[C@H](C)O[C@@H]2C. The maximum absolute atomic E-state index is 13.0. The summed E-state index contributed by atoms with van der Waals surface area (Å²) in [5, 5.41) is 14.8. The van der Waals surface area contributed by atoms with Crippen LogP contribution in [0.5, 0.6) is 0 Å². The largest absolute Gasteiger partial charge is 0.383 e. The number of methoxy groups -OCH3 is 1. The summed E-state index contributed by atoms with van der Waals surface area (Å²) in [7, 11) is 1.64. The van der Waals surface area contributed by atoms with Crippen molar-refractivity contribution >= 4 is 5.91 Å². The minimum atomic E-state index is -0.142. The molecule has 3 rings (SSSR count). The molecule has 0 unspecified atom stereocenters. The number of carbonyl (C=O) groups is 1. The van der Waals surface area contributed by atoms with E-state index in [1.165, 1.54) is 0 Å². The summed E-state index contributed by atoms with van der Waals surface area (Å²) in [5.41, 5.74) is 5.34. The van der Waals surface area contributed by atoms with E-state index in [2.05, 4.69) is 20.6 Å². The summed E-state index contributed by atoms with van der Waals surface area (Å²) >= 11 is 0. The van der Waals surface area contributed by atoms with E-state index >= 15 is 0 Å². The van der Waals surface area contributed by atoms with Crippen LogP contribution in [0, 0.1) is 13.8 Å². The van der Waals surface area contributed by atoms with Gasteiger partial charge in [-0.25, -0.2) is 0 Å². The van der Waals surface area contributed by atoms with Crippen molar-refractivity contribution in [2.45, 2.75) is 59.4 Å². The predicted molar refractivity (Wildman–Crippen MR) is 96.0 cm³/mol. The molecule has 2 atom stereocenters. The summed E-state index contributed by atoms with van der Waals surface area (Å²) in [4.78, 5) is 13.0. The molecular formula is C18H27N5O3. The minimum absolute atomic E-state index is 0.0559. The number of rotatable bonds is 6. The molecule has 3 heterocycles. The zero-order valence-electron chi connectivity index (χ0n) is 16.0. The molecule has 0 aliphatic carbocycles. The van der Waals surface area contributed by atoms with Crippen LogP contribution in [0.15, 0.2) is 0 Å². The number of aromatic nitrogens is 4. The Labute approximate surface area is 153 Å². The van der Waals surface area contributed by atoms with Gasteiger partial charge in [0.1, 0.15) is 5.69 Å². The fourth-order valence-electron chi connectivity index (χ4n) is 3.34. The molecule has 0 bridgehead atoms. The van der Waals surface area contributed by atoms with Crippen LogP contribution in [0.25, 0.3) is 0 Å².